The lowest BCUT2D eigenvalue weighted by atomic mass is 10.1. The predicted octanol–water partition coefficient (Wildman–Crippen LogP) is 2.53. The van der Waals surface area contributed by atoms with Gasteiger partial charge in [0.15, 0.2) is 0 Å². The van der Waals surface area contributed by atoms with Gasteiger partial charge in [-0.05, 0) is 18.6 Å². The Balaban J connectivity index is 2.71. The van der Waals surface area contributed by atoms with Crippen LogP contribution in [0.1, 0.15) is 11.1 Å². The van der Waals surface area contributed by atoms with Crippen LogP contribution in [-0.2, 0) is 6.42 Å². The summed E-state index contributed by atoms with van der Waals surface area (Å²) >= 11 is 0. The van der Waals surface area contributed by atoms with Gasteiger partial charge >= 0.3 is 0 Å². The molecule has 0 fully saturated rings. The second-order valence-electron chi connectivity index (χ2n) is 2.53. The second kappa shape index (κ2) is 2.16. The number of fused-ring (bicyclic) bond motifs is 1. The van der Waals surface area contributed by atoms with E-state index in [4.69, 9.17) is 0 Å². The van der Waals surface area contributed by atoms with Gasteiger partial charge in [-0.3, -0.25) is 0 Å². The summed E-state index contributed by atoms with van der Waals surface area (Å²) < 4.78 is 25.7. The zero-order valence-electron chi connectivity index (χ0n) is 5.77. The molecule has 0 nitrogen and oxygen atoms in total. The molecule has 0 aromatic heterocycles. The molecule has 2 heteroatoms. The van der Waals surface area contributed by atoms with Crippen LogP contribution in [0.4, 0.5) is 8.78 Å². The van der Waals surface area contributed by atoms with Crippen LogP contribution in [0.5, 0.6) is 0 Å². The Morgan fingerprint density at radius 2 is 1.82 bits per heavy atom. The van der Waals surface area contributed by atoms with E-state index in [2.05, 4.69) is 0 Å². The molecule has 0 amide bonds. The van der Waals surface area contributed by atoms with Crippen LogP contribution in [0.15, 0.2) is 18.2 Å². The van der Waals surface area contributed by atoms with Gasteiger partial charge in [0.05, 0.1) is 0 Å². The van der Waals surface area contributed by atoms with Gasteiger partial charge in [-0.1, -0.05) is 12.2 Å². The van der Waals surface area contributed by atoms with Crippen molar-refractivity contribution >= 4 is 6.08 Å². The molecular weight excluding hydrogens is 146 g/mol. The lowest BCUT2D eigenvalue weighted by molar-refractivity contribution is 0.589. The van der Waals surface area contributed by atoms with E-state index in [0.29, 0.717) is 17.5 Å². The SMILES string of the molecule is Fc1ccc(F)c2c1C=CC2. The Morgan fingerprint density at radius 1 is 1.09 bits per heavy atom. The molecule has 2 rings (SSSR count). The van der Waals surface area contributed by atoms with Gasteiger partial charge in [0.1, 0.15) is 11.6 Å². The third-order valence-corrected chi connectivity index (χ3v) is 1.85. The van der Waals surface area contributed by atoms with Crippen molar-refractivity contribution in [1.82, 2.24) is 0 Å². The first kappa shape index (κ1) is 6.53. The fourth-order valence-electron chi connectivity index (χ4n) is 1.29. The number of halogens is 2. The number of rotatable bonds is 0. The van der Waals surface area contributed by atoms with Crippen molar-refractivity contribution in [2.45, 2.75) is 6.42 Å². The first-order valence-corrected chi connectivity index (χ1v) is 3.42. The normalized spacial score (nSPS) is 13.6. The van der Waals surface area contributed by atoms with Crippen molar-refractivity contribution in [2.24, 2.45) is 0 Å². The van der Waals surface area contributed by atoms with Crippen LogP contribution in [0.25, 0.3) is 6.08 Å². The minimum atomic E-state index is -0.338. The van der Waals surface area contributed by atoms with Crippen molar-refractivity contribution in [3.8, 4) is 0 Å². The van der Waals surface area contributed by atoms with Gasteiger partial charge in [-0.15, -0.1) is 0 Å². The first-order valence-electron chi connectivity index (χ1n) is 3.42. The van der Waals surface area contributed by atoms with Gasteiger partial charge in [-0.25, -0.2) is 8.78 Å². The summed E-state index contributed by atoms with van der Waals surface area (Å²) in [7, 11) is 0. The van der Waals surface area contributed by atoms with Gasteiger partial charge in [-0.2, -0.15) is 0 Å². The van der Waals surface area contributed by atoms with Gasteiger partial charge in [0.2, 0.25) is 0 Å². The topological polar surface area (TPSA) is 0 Å². The van der Waals surface area contributed by atoms with E-state index in [9.17, 15) is 8.78 Å². The Morgan fingerprint density at radius 3 is 2.55 bits per heavy atom. The van der Waals surface area contributed by atoms with Crippen LogP contribution in [0.2, 0.25) is 0 Å². The highest BCUT2D eigenvalue weighted by atomic mass is 19.1. The van der Waals surface area contributed by atoms with Crippen LogP contribution in [0, 0.1) is 11.6 Å². The molecule has 1 aliphatic carbocycles. The number of hydrogen-bond acceptors (Lipinski definition) is 0. The maximum absolute atomic E-state index is 12.9. The smallest absolute Gasteiger partial charge is 0.130 e. The molecule has 0 N–H and O–H groups in total. The molecule has 1 aliphatic rings. The minimum Gasteiger partial charge on any atom is -0.207 e. The highest BCUT2D eigenvalue weighted by molar-refractivity contribution is 5.60. The predicted molar refractivity (Wildman–Crippen MR) is 39.1 cm³/mol. The fourth-order valence-corrected chi connectivity index (χ4v) is 1.29. The average Bonchev–Trinajstić information content (AvgIpc) is 2.45. The van der Waals surface area contributed by atoms with E-state index in [1.807, 2.05) is 0 Å². The zero-order chi connectivity index (χ0) is 7.84. The highest BCUT2D eigenvalue weighted by Gasteiger charge is 2.13. The van der Waals surface area contributed by atoms with Crippen LogP contribution >= 0.6 is 0 Å². The van der Waals surface area contributed by atoms with Crippen molar-refractivity contribution in [1.29, 1.82) is 0 Å². The molecule has 1 aromatic rings. The third kappa shape index (κ3) is 0.862. The van der Waals surface area contributed by atoms with Crippen molar-refractivity contribution in [2.75, 3.05) is 0 Å². The standard InChI is InChI=1S/C9H6F2/c10-8-4-5-9(11)7-3-1-2-6(7)8/h1-2,4-5H,3H2. The summed E-state index contributed by atoms with van der Waals surface area (Å²) in [5.74, 6) is -0.651. The summed E-state index contributed by atoms with van der Waals surface area (Å²) in [5, 5.41) is 0. The molecular formula is C9H6F2. The molecule has 0 unspecified atom stereocenters. The molecule has 0 saturated carbocycles. The summed E-state index contributed by atoms with van der Waals surface area (Å²) in [6.45, 7) is 0. The summed E-state index contributed by atoms with van der Waals surface area (Å²) in [6.07, 6.45) is 3.89. The maximum atomic E-state index is 12.9. The largest absolute Gasteiger partial charge is 0.207 e. The highest BCUT2D eigenvalue weighted by Crippen LogP contribution is 2.24. The Kier molecular flexibility index (Phi) is 1.28. The van der Waals surface area contributed by atoms with Gasteiger partial charge in [0.25, 0.3) is 0 Å². The monoisotopic (exact) mass is 152 g/mol. The Bertz CT molecular complexity index is 327. The van der Waals surface area contributed by atoms with Gasteiger partial charge in [0, 0.05) is 11.1 Å². The molecule has 0 aliphatic heterocycles. The summed E-state index contributed by atoms with van der Waals surface area (Å²) in [6, 6.07) is 2.32. The molecule has 0 radical (unpaired) electrons. The Labute approximate surface area is 63.2 Å². The lowest BCUT2D eigenvalue weighted by Gasteiger charge is -2.00. The summed E-state index contributed by atoms with van der Waals surface area (Å²) in [4.78, 5) is 0. The lowest BCUT2D eigenvalue weighted by Crippen LogP contribution is -1.91. The van der Waals surface area contributed by atoms with E-state index in [0.717, 1.165) is 6.07 Å². The minimum absolute atomic E-state index is 0.314. The third-order valence-electron chi connectivity index (χ3n) is 1.85. The molecule has 0 heterocycles. The molecule has 56 valence electrons. The molecule has 1 aromatic carbocycles. The van der Waals surface area contributed by atoms with Crippen molar-refractivity contribution < 1.29 is 8.78 Å². The molecule has 0 atom stereocenters. The fraction of sp³-hybridized carbons (Fsp3) is 0.111. The molecule has 11 heavy (non-hydrogen) atoms. The molecule has 0 bridgehead atoms. The number of benzene rings is 1. The quantitative estimate of drug-likeness (QED) is 0.535. The average molecular weight is 152 g/mol. The summed E-state index contributed by atoms with van der Waals surface area (Å²) in [5.41, 5.74) is 0.884. The van der Waals surface area contributed by atoms with E-state index < -0.39 is 0 Å². The molecule has 0 saturated heterocycles. The van der Waals surface area contributed by atoms with Crippen LogP contribution in [-0.4, -0.2) is 0 Å². The number of hydrogen-bond donors (Lipinski definition) is 0. The van der Waals surface area contributed by atoms with E-state index >= 15 is 0 Å². The van der Waals surface area contributed by atoms with Crippen molar-refractivity contribution in [3.05, 3.63) is 41.0 Å². The van der Waals surface area contributed by atoms with E-state index in [1.165, 1.54) is 6.07 Å². The van der Waals surface area contributed by atoms with Crippen LogP contribution < -0.4 is 0 Å². The zero-order valence-corrected chi connectivity index (χ0v) is 5.77. The first-order chi connectivity index (χ1) is 5.29. The maximum Gasteiger partial charge on any atom is 0.130 e. The Hall–Kier alpha value is -1.18. The van der Waals surface area contributed by atoms with Crippen LogP contribution in [0.3, 0.4) is 0 Å². The van der Waals surface area contributed by atoms with E-state index in [1.54, 1.807) is 12.2 Å². The molecule has 0 spiro atoms. The second-order valence-corrected chi connectivity index (χ2v) is 2.53. The van der Waals surface area contributed by atoms with E-state index in [-0.39, 0.29) is 11.6 Å². The van der Waals surface area contributed by atoms with Crippen molar-refractivity contribution in [3.63, 3.8) is 0 Å². The number of allylic oxidation sites excluding steroid dienone is 1. The van der Waals surface area contributed by atoms with Gasteiger partial charge < -0.3 is 0 Å².